The Morgan fingerprint density at radius 3 is 2.51 bits per heavy atom. The second kappa shape index (κ2) is 10.4. The van der Waals surface area contributed by atoms with Crippen molar-refractivity contribution in [2.75, 3.05) is 50.0 Å². The molecule has 0 saturated carbocycles. The van der Waals surface area contributed by atoms with Gasteiger partial charge in [0.1, 0.15) is 53.3 Å². The first kappa shape index (κ1) is 30.0. The van der Waals surface area contributed by atoms with Crippen LogP contribution < -0.4 is 25.4 Å². The van der Waals surface area contributed by atoms with E-state index in [1.54, 1.807) is 11.8 Å². The number of nitrogens with two attached hydrogens (primary N) is 1. The van der Waals surface area contributed by atoms with Crippen LogP contribution >= 0.6 is 0 Å². The van der Waals surface area contributed by atoms with Gasteiger partial charge in [0.15, 0.2) is 5.82 Å². The molecule has 4 aliphatic rings. The summed E-state index contributed by atoms with van der Waals surface area (Å²) in [4.78, 5) is 16.6. The number of halogens is 7. The van der Waals surface area contributed by atoms with Crippen LogP contribution in [-0.4, -0.2) is 89.2 Å². The van der Waals surface area contributed by atoms with E-state index in [9.17, 15) is 26.3 Å². The van der Waals surface area contributed by atoms with Gasteiger partial charge in [0.25, 0.3) is 0 Å². The van der Waals surface area contributed by atoms with Crippen LogP contribution in [0.4, 0.5) is 42.2 Å². The fourth-order valence-electron chi connectivity index (χ4n) is 7.32. The largest absolute Gasteiger partial charge is 0.472 e. The summed E-state index contributed by atoms with van der Waals surface area (Å²) in [6.45, 7) is 3.99. The van der Waals surface area contributed by atoms with Crippen LogP contribution in [0.3, 0.4) is 0 Å². The maximum atomic E-state index is 16.6. The molecular weight excluding hydrogens is 611 g/mol. The lowest BCUT2D eigenvalue weighted by Crippen LogP contribution is -2.56. The van der Waals surface area contributed by atoms with E-state index in [0.717, 1.165) is 6.92 Å². The summed E-state index contributed by atoms with van der Waals surface area (Å²) in [6.07, 6.45) is -7.94. The number of hydrogen-bond acceptors (Lipinski definition) is 9. The van der Waals surface area contributed by atoms with Gasteiger partial charge in [-0.25, -0.2) is 22.5 Å². The van der Waals surface area contributed by atoms with Gasteiger partial charge in [-0.2, -0.15) is 23.1 Å². The quantitative estimate of drug-likeness (QED) is 0.318. The fourth-order valence-corrected chi connectivity index (χ4v) is 7.32. The molecule has 3 N–H and O–H groups in total. The maximum absolute atomic E-state index is 16.6. The molecule has 2 aromatic heterocycles. The van der Waals surface area contributed by atoms with Gasteiger partial charge < -0.3 is 25.4 Å². The predicted molar refractivity (Wildman–Crippen MR) is 150 cm³/mol. The fraction of sp³-hybridized carbons (Fsp3) is 0.552. The van der Waals surface area contributed by atoms with Gasteiger partial charge >= 0.3 is 12.2 Å². The van der Waals surface area contributed by atoms with Crippen LogP contribution in [0.2, 0.25) is 0 Å². The Kier molecular flexibility index (Phi) is 6.96. The van der Waals surface area contributed by atoms with Gasteiger partial charge in [0.2, 0.25) is 5.88 Å². The third-order valence-corrected chi connectivity index (χ3v) is 9.35. The number of rotatable bonds is 4. The van der Waals surface area contributed by atoms with E-state index < -0.39 is 75.4 Å². The Hall–Kier alpha value is -3.66. The standard InChI is InChI=1S/C29H30F7N7O2/c1-12-20(29(34,35)36)16(5-17(37)21(12)32)23-22(33)24-19-25(43-4-3-38-8-18(43)13(2)45-26(19)39-23)41-27(40-24)44-11-28-6-14(30)9-42(28)10-15(31)7-28/h5,13-15,18,38H,3-4,6-11,37H2,1-2H3/t13?,14-,15-,18?/m0/s1. The first-order valence-corrected chi connectivity index (χ1v) is 14.6. The average molecular weight is 642 g/mol. The van der Waals surface area contributed by atoms with Crippen LogP contribution in [0.15, 0.2) is 6.07 Å². The number of fused-ring (bicyclic) bond motifs is 3. The van der Waals surface area contributed by atoms with Gasteiger partial charge in [0, 0.05) is 51.1 Å². The van der Waals surface area contributed by atoms with Crippen LogP contribution in [0, 0.1) is 18.6 Å². The molecule has 0 aliphatic carbocycles. The molecule has 242 valence electrons. The lowest BCUT2D eigenvalue weighted by atomic mass is 9.94. The highest BCUT2D eigenvalue weighted by Gasteiger charge is 2.53. The number of piperazine rings is 1. The van der Waals surface area contributed by atoms with E-state index in [4.69, 9.17) is 15.2 Å². The van der Waals surface area contributed by atoms with Gasteiger partial charge in [-0.3, -0.25) is 4.90 Å². The first-order chi connectivity index (χ1) is 21.3. The van der Waals surface area contributed by atoms with E-state index in [2.05, 4.69) is 20.3 Å². The number of aromatic nitrogens is 3. The number of benzene rings is 1. The van der Waals surface area contributed by atoms with Crippen molar-refractivity contribution in [3.63, 3.8) is 0 Å². The van der Waals surface area contributed by atoms with Gasteiger partial charge in [-0.1, -0.05) is 0 Å². The van der Waals surface area contributed by atoms with E-state index in [-0.39, 0.29) is 61.7 Å². The second-order valence-electron chi connectivity index (χ2n) is 12.3. The summed E-state index contributed by atoms with van der Waals surface area (Å²) >= 11 is 0. The number of anilines is 2. The molecular formula is C29H30F7N7O2. The van der Waals surface area contributed by atoms with Crippen LogP contribution in [-0.2, 0) is 6.18 Å². The van der Waals surface area contributed by atoms with Crippen molar-refractivity contribution < 1.29 is 40.2 Å². The van der Waals surface area contributed by atoms with E-state index >= 15 is 4.39 Å². The normalized spacial score (nSPS) is 26.0. The maximum Gasteiger partial charge on any atom is 0.417 e. The second-order valence-corrected chi connectivity index (χ2v) is 12.3. The Labute approximate surface area is 252 Å². The Morgan fingerprint density at radius 1 is 1.11 bits per heavy atom. The van der Waals surface area contributed by atoms with E-state index in [0.29, 0.717) is 25.7 Å². The summed E-state index contributed by atoms with van der Waals surface area (Å²) in [5.41, 5.74) is -0.131. The highest BCUT2D eigenvalue weighted by Crippen LogP contribution is 2.47. The zero-order valence-corrected chi connectivity index (χ0v) is 24.3. The number of alkyl halides is 5. The van der Waals surface area contributed by atoms with Crippen molar-refractivity contribution in [2.45, 2.75) is 62.9 Å². The Balaban J connectivity index is 1.42. The summed E-state index contributed by atoms with van der Waals surface area (Å²) < 4.78 is 115. The zero-order chi connectivity index (χ0) is 32.0. The highest BCUT2D eigenvalue weighted by molar-refractivity contribution is 5.97. The predicted octanol–water partition coefficient (Wildman–Crippen LogP) is 4.34. The smallest absolute Gasteiger partial charge is 0.417 e. The molecule has 0 amide bonds. The van der Waals surface area contributed by atoms with E-state index in [1.807, 2.05) is 4.90 Å². The summed E-state index contributed by atoms with van der Waals surface area (Å²) in [5, 5.41) is 3.28. The lowest BCUT2D eigenvalue weighted by Gasteiger charge is -2.38. The van der Waals surface area contributed by atoms with Gasteiger partial charge in [0.05, 0.1) is 22.8 Å². The molecule has 0 radical (unpaired) electrons. The molecule has 6 heterocycles. The number of pyridine rings is 1. The number of nitrogens with zero attached hydrogens (tertiary/aromatic N) is 5. The Morgan fingerprint density at radius 2 is 1.82 bits per heavy atom. The molecule has 9 nitrogen and oxygen atoms in total. The van der Waals surface area contributed by atoms with Crippen LogP contribution in [0.5, 0.6) is 11.9 Å². The van der Waals surface area contributed by atoms with Crippen molar-refractivity contribution in [1.82, 2.24) is 25.2 Å². The molecule has 16 heteroatoms. The number of hydrogen-bond donors (Lipinski definition) is 2. The molecule has 7 rings (SSSR count). The summed E-state index contributed by atoms with van der Waals surface area (Å²) in [6, 6.07) is 0.0331. The monoisotopic (exact) mass is 641 g/mol. The third kappa shape index (κ3) is 4.78. The highest BCUT2D eigenvalue weighted by atomic mass is 19.4. The van der Waals surface area contributed by atoms with Crippen molar-refractivity contribution in [3.8, 4) is 23.1 Å². The van der Waals surface area contributed by atoms with Crippen LogP contribution in [0.25, 0.3) is 22.2 Å². The first-order valence-electron chi connectivity index (χ1n) is 14.6. The van der Waals surface area contributed by atoms with Crippen molar-refractivity contribution in [3.05, 3.63) is 28.8 Å². The number of nitrogen functional groups attached to an aromatic ring is 1. The van der Waals surface area contributed by atoms with Gasteiger partial charge in [-0.15, -0.1) is 0 Å². The molecule has 0 spiro atoms. The minimum atomic E-state index is -5.09. The topological polar surface area (TPSA) is 102 Å². The van der Waals surface area contributed by atoms with Gasteiger partial charge in [-0.05, 0) is 25.5 Å². The molecule has 45 heavy (non-hydrogen) atoms. The van der Waals surface area contributed by atoms with Crippen molar-refractivity contribution in [2.24, 2.45) is 0 Å². The summed E-state index contributed by atoms with van der Waals surface area (Å²) in [5.74, 6) is -2.55. The van der Waals surface area contributed by atoms with Crippen LogP contribution in [0.1, 0.15) is 30.9 Å². The molecule has 3 saturated heterocycles. The lowest BCUT2D eigenvalue weighted by molar-refractivity contribution is -0.137. The third-order valence-electron chi connectivity index (χ3n) is 9.35. The molecule has 3 fully saturated rings. The molecule has 1 aromatic carbocycles. The van der Waals surface area contributed by atoms with Crippen molar-refractivity contribution >= 4 is 22.4 Å². The zero-order valence-electron chi connectivity index (χ0n) is 24.3. The SMILES string of the molecule is Cc1c(F)c(N)cc(-c2nc3c4c(nc(OCC56C[C@H](F)CN5C[C@@H](F)C6)nc4c2F)N2CCNCC2C(C)O3)c1C(F)(F)F. The molecule has 2 unspecified atom stereocenters. The molecule has 0 bridgehead atoms. The molecule has 4 aliphatic heterocycles. The summed E-state index contributed by atoms with van der Waals surface area (Å²) in [7, 11) is 0. The minimum Gasteiger partial charge on any atom is -0.472 e. The van der Waals surface area contributed by atoms with Crippen molar-refractivity contribution in [1.29, 1.82) is 0 Å². The number of ether oxygens (including phenoxy) is 2. The molecule has 4 atom stereocenters. The average Bonchev–Trinajstić information content (AvgIpc) is 3.40. The molecule has 3 aromatic rings. The Bertz CT molecular complexity index is 1680. The minimum absolute atomic E-state index is 0.0226. The number of nitrogens with one attached hydrogen (secondary N) is 1. The van der Waals surface area contributed by atoms with E-state index in [1.165, 1.54) is 0 Å².